The molecule has 2 aliphatic heterocycles. The number of piperidine rings is 1. The number of nitrogens with one attached hydrogen (secondary N) is 1. The molecule has 0 radical (unpaired) electrons. The lowest BCUT2D eigenvalue weighted by Gasteiger charge is -2.46. The van der Waals surface area contributed by atoms with Crippen molar-refractivity contribution in [2.24, 2.45) is 0 Å². The van der Waals surface area contributed by atoms with Crippen molar-refractivity contribution in [1.29, 1.82) is 0 Å². The van der Waals surface area contributed by atoms with Gasteiger partial charge in [0.05, 0.1) is 12.7 Å². The maximum atomic E-state index is 6.29. The summed E-state index contributed by atoms with van der Waals surface area (Å²) in [5.74, 6) is 1.69. The van der Waals surface area contributed by atoms with Gasteiger partial charge in [0.2, 0.25) is 5.95 Å². The molecule has 4 rings (SSSR count). The molecule has 6 nitrogen and oxygen atoms in total. The minimum Gasteiger partial charge on any atom is -0.496 e. The van der Waals surface area contributed by atoms with E-state index in [2.05, 4.69) is 32.3 Å². The number of anilines is 1. The second-order valence-electron chi connectivity index (χ2n) is 7.53. The fraction of sp³-hybridized carbons (Fsp3) is 0.524. The maximum Gasteiger partial charge on any atom is 0.222 e. The molecule has 144 valence electrons. The van der Waals surface area contributed by atoms with E-state index in [1.165, 1.54) is 5.56 Å². The van der Waals surface area contributed by atoms with Gasteiger partial charge in [-0.15, -0.1) is 0 Å². The molecule has 0 saturated carbocycles. The summed E-state index contributed by atoms with van der Waals surface area (Å²) >= 11 is 0. The number of methoxy groups -OCH3 is 1. The monoisotopic (exact) mass is 368 g/mol. The van der Waals surface area contributed by atoms with Crippen molar-refractivity contribution < 1.29 is 9.47 Å². The highest BCUT2D eigenvalue weighted by Gasteiger charge is 2.40. The summed E-state index contributed by atoms with van der Waals surface area (Å²) in [6, 6.07) is 10.5. The van der Waals surface area contributed by atoms with E-state index in [1.54, 1.807) is 19.5 Å². The Bertz CT molecular complexity index is 732. The van der Waals surface area contributed by atoms with Gasteiger partial charge in [-0.05, 0) is 37.8 Å². The zero-order chi connectivity index (χ0) is 18.5. The van der Waals surface area contributed by atoms with E-state index >= 15 is 0 Å². The molecule has 27 heavy (non-hydrogen) atoms. The van der Waals surface area contributed by atoms with Gasteiger partial charge in [-0.25, -0.2) is 9.97 Å². The van der Waals surface area contributed by atoms with Gasteiger partial charge in [-0.1, -0.05) is 18.2 Å². The average molecular weight is 368 g/mol. The quantitative estimate of drug-likeness (QED) is 0.875. The molecule has 1 spiro atoms. The van der Waals surface area contributed by atoms with Gasteiger partial charge in [0, 0.05) is 50.2 Å². The highest BCUT2D eigenvalue weighted by molar-refractivity contribution is 5.33. The summed E-state index contributed by atoms with van der Waals surface area (Å²) in [5, 5.41) is 3.49. The predicted molar refractivity (Wildman–Crippen MR) is 105 cm³/mol. The fourth-order valence-electron chi connectivity index (χ4n) is 4.25. The number of nitrogens with zero attached hydrogens (tertiary/aromatic N) is 3. The van der Waals surface area contributed by atoms with Crippen LogP contribution in [-0.2, 0) is 11.3 Å². The van der Waals surface area contributed by atoms with Gasteiger partial charge in [-0.2, -0.15) is 0 Å². The lowest BCUT2D eigenvalue weighted by molar-refractivity contribution is -0.115. The van der Waals surface area contributed by atoms with E-state index in [0.717, 1.165) is 57.7 Å². The number of rotatable bonds is 5. The standard InChI is InChI=1S/C21H28N4O2/c1-26-19-6-3-2-5-17(19)16-25-12-8-21(9-13-25)15-18(7-14-27-21)24-20-22-10-4-11-23-20/h2-6,10-11,18H,7-9,12-16H2,1H3,(H,22,23,24)/t18-/m1/s1. The molecule has 1 atom stereocenters. The molecule has 2 fully saturated rings. The molecule has 1 aromatic heterocycles. The Morgan fingerprint density at radius 2 is 1.96 bits per heavy atom. The van der Waals surface area contributed by atoms with E-state index in [-0.39, 0.29) is 5.60 Å². The number of hydrogen-bond donors (Lipinski definition) is 1. The van der Waals surface area contributed by atoms with Gasteiger partial charge >= 0.3 is 0 Å². The smallest absolute Gasteiger partial charge is 0.222 e. The van der Waals surface area contributed by atoms with Crippen molar-refractivity contribution in [3.63, 3.8) is 0 Å². The van der Waals surface area contributed by atoms with Crippen LogP contribution < -0.4 is 10.1 Å². The summed E-state index contributed by atoms with van der Waals surface area (Å²) < 4.78 is 11.8. The lowest BCUT2D eigenvalue weighted by Crippen LogP contribution is -2.51. The highest BCUT2D eigenvalue weighted by Crippen LogP contribution is 2.36. The van der Waals surface area contributed by atoms with E-state index in [9.17, 15) is 0 Å². The molecule has 0 aliphatic carbocycles. The van der Waals surface area contributed by atoms with E-state index < -0.39 is 0 Å². The number of hydrogen-bond acceptors (Lipinski definition) is 6. The van der Waals surface area contributed by atoms with Gasteiger partial charge < -0.3 is 14.8 Å². The first-order valence-corrected chi connectivity index (χ1v) is 9.78. The van der Waals surface area contributed by atoms with Crippen molar-refractivity contribution in [2.75, 3.05) is 32.1 Å². The largest absolute Gasteiger partial charge is 0.496 e. The predicted octanol–water partition coefficient (Wildman–Crippen LogP) is 3.11. The van der Waals surface area contributed by atoms with Crippen LogP contribution in [0, 0.1) is 0 Å². The Balaban J connectivity index is 1.33. The molecule has 1 N–H and O–H groups in total. The normalized spacial score (nSPS) is 22.5. The van der Waals surface area contributed by atoms with Crippen molar-refractivity contribution in [1.82, 2.24) is 14.9 Å². The zero-order valence-electron chi connectivity index (χ0n) is 15.9. The van der Waals surface area contributed by atoms with E-state index in [1.807, 2.05) is 18.2 Å². The molecule has 2 aromatic rings. The van der Waals surface area contributed by atoms with Crippen LogP contribution in [0.3, 0.4) is 0 Å². The molecule has 6 heteroatoms. The average Bonchev–Trinajstić information content (AvgIpc) is 2.71. The maximum absolute atomic E-state index is 6.29. The molecule has 2 aliphatic rings. The minimum absolute atomic E-state index is 0.0119. The van der Waals surface area contributed by atoms with Crippen molar-refractivity contribution in [2.45, 2.75) is 43.9 Å². The Kier molecular flexibility index (Phi) is 5.55. The summed E-state index contributed by atoms with van der Waals surface area (Å²) in [5.41, 5.74) is 1.24. The lowest BCUT2D eigenvalue weighted by atomic mass is 9.82. The third kappa shape index (κ3) is 4.39. The first-order valence-electron chi connectivity index (χ1n) is 9.78. The van der Waals surface area contributed by atoms with Gasteiger partial charge in [0.15, 0.2) is 0 Å². The Morgan fingerprint density at radius 3 is 2.74 bits per heavy atom. The van der Waals surface area contributed by atoms with Crippen LogP contribution in [0.15, 0.2) is 42.7 Å². The van der Waals surface area contributed by atoms with E-state index in [0.29, 0.717) is 12.0 Å². The van der Waals surface area contributed by atoms with Gasteiger partial charge in [0.25, 0.3) is 0 Å². The second kappa shape index (κ2) is 8.23. The number of aromatic nitrogens is 2. The summed E-state index contributed by atoms with van der Waals surface area (Å²) in [7, 11) is 1.74. The second-order valence-corrected chi connectivity index (χ2v) is 7.53. The molecular formula is C21H28N4O2. The van der Waals surface area contributed by atoms with Crippen LogP contribution in [0.4, 0.5) is 5.95 Å². The van der Waals surface area contributed by atoms with Crippen molar-refractivity contribution in [3.05, 3.63) is 48.3 Å². The van der Waals surface area contributed by atoms with Crippen LogP contribution in [0.1, 0.15) is 31.2 Å². The Hall–Kier alpha value is -2.18. The number of para-hydroxylation sites is 1. The third-order valence-corrected chi connectivity index (χ3v) is 5.75. The molecule has 2 saturated heterocycles. The first kappa shape index (κ1) is 18.2. The topological polar surface area (TPSA) is 59.5 Å². The van der Waals surface area contributed by atoms with Crippen LogP contribution in [0.25, 0.3) is 0 Å². The van der Waals surface area contributed by atoms with Crippen LogP contribution in [-0.4, -0.2) is 53.3 Å². The minimum atomic E-state index is -0.0119. The highest BCUT2D eigenvalue weighted by atomic mass is 16.5. The number of likely N-dealkylation sites (tertiary alicyclic amines) is 1. The molecule has 3 heterocycles. The number of ether oxygens (including phenoxy) is 2. The van der Waals surface area contributed by atoms with Crippen molar-refractivity contribution >= 4 is 5.95 Å². The molecule has 1 aromatic carbocycles. The SMILES string of the molecule is COc1ccccc1CN1CCC2(CC1)C[C@H](Nc1ncccn1)CCO2. The molecule has 0 unspecified atom stereocenters. The third-order valence-electron chi connectivity index (χ3n) is 5.75. The van der Waals surface area contributed by atoms with E-state index in [4.69, 9.17) is 9.47 Å². The van der Waals surface area contributed by atoms with Gasteiger partial charge in [-0.3, -0.25) is 4.90 Å². The summed E-state index contributed by atoms with van der Waals surface area (Å²) in [6.45, 7) is 3.83. The Morgan fingerprint density at radius 1 is 1.19 bits per heavy atom. The zero-order valence-corrected chi connectivity index (χ0v) is 15.9. The van der Waals surface area contributed by atoms with Crippen LogP contribution >= 0.6 is 0 Å². The fourth-order valence-corrected chi connectivity index (χ4v) is 4.25. The summed E-state index contributed by atoms with van der Waals surface area (Å²) in [4.78, 5) is 11.1. The molecule has 0 bridgehead atoms. The summed E-state index contributed by atoms with van der Waals surface area (Å²) in [6.07, 6.45) is 7.71. The Labute approximate surface area is 160 Å². The first-order chi connectivity index (χ1) is 13.3. The van der Waals surface area contributed by atoms with Crippen LogP contribution in [0.2, 0.25) is 0 Å². The molecular weight excluding hydrogens is 340 g/mol. The molecule has 0 amide bonds. The van der Waals surface area contributed by atoms with Crippen molar-refractivity contribution in [3.8, 4) is 5.75 Å². The van der Waals surface area contributed by atoms with Crippen LogP contribution in [0.5, 0.6) is 5.75 Å². The number of benzene rings is 1. The van der Waals surface area contributed by atoms with Gasteiger partial charge in [0.1, 0.15) is 5.75 Å².